The maximum atomic E-state index is 10.7. The molecule has 90 valence electrons. The second-order valence-corrected chi connectivity index (χ2v) is 2.89. The highest BCUT2D eigenvalue weighted by molar-refractivity contribution is 6.34. The van der Waals surface area contributed by atoms with E-state index in [4.69, 9.17) is 20.3 Å². The SMILES string of the molecule is O=C(O)c1ccc(C(=O)O)c(OB(O)O)c1O. The van der Waals surface area contributed by atoms with E-state index < -0.39 is 41.9 Å². The number of aromatic carboxylic acids is 2. The van der Waals surface area contributed by atoms with Crippen molar-refractivity contribution in [1.29, 1.82) is 0 Å². The van der Waals surface area contributed by atoms with Crippen LogP contribution in [-0.4, -0.2) is 44.6 Å². The number of benzene rings is 1. The van der Waals surface area contributed by atoms with Crippen LogP contribution in [0.15, 0.2) is 12.1 Å². The third-order valence-corrected chi connectivity index (χ3v) is 1.82. The van der Waals surface area contributed by atoms with Crippen molar-refractivity contribution in [3.63, 3.8) is 0 Å². The molecule has 9 heteroatoms. The van der Waals surface area contributed by atoms with E-state index in [1.54, 1.807) is 0 Å². The van der Waals surface area contributed by atoms with E-state index in [0.717, 1.165) is 12.1 Å². The van der Waals surface area contributed by atoms with Crippen molar-refractivity contribution in [2.75, 3.05) is 0 Å². The molecule has 5 N–H and O–H groups in total. The molecule has 0 unspecified atom stereocenters. The van der Waals surface area contributed by atoms with Gasteiger partial charge in [0.1, 0.15) is 11.1 Å². The third kappa shape index (κ3) is 2.65. The Morgan fingerprint density at radius 3 is 1.94 bits per heavy atom. The quantitative estimate of drug-likeness (QED) is 0.428. The zero-order valence-electron chi connectivity index (χ0n) is 8.19. The highest BCUT2D eigenvalue weighted by Crippen LogP contribution is 2.34. The van der Waals surface area contributed by atoms with Crippen molar-refractivity contribution in [2.45, 2.75) is 0 Å². The van der Waals surface area contributed by atoms with Gasteiger partial charge in [0.05, 0.1) is 0 Å². The Kier molecular flexibility index (Phi) is 3.56. The molecule has 0 bridgehead atoms. The van der Waals surface area contributed by atoms with Gasteiger partial charge in [0, 0.05) is 0 Å². The number of hydrogen-bond donors (Lipinski definition) is 5. The number of carboxylic acids is 2. The van der Waals surface area contributed by atoms with Crippen molar-refractivity contribution >= 4 is 19.3 Å². The minimum absolute atomic E-state index is 0.597. The summed E-state index contributed by atoms with van der Waals surface area (Å²) in [7, 11) is -2.39. The largest absolute Gasteiger partial charge is 0.707 e. The van der Waals surface area contributed by atoms with Crippen molar-refractivity contribution in [3.05, 3.63) is 23.3 Å². The van der Waals surface area contributed by atoms with Crippen molar-refractivity contribution in [1.82, 2.24) is 0 Å². The topological polar surface area (TPSA) is 145 Å². The maximum Gasteiger partial charge on any atom is 0.707 e. The fraction of sp³-hybridized carbons (Fsp3) is 0. The predicted molar refractivity (Wildman–Crippen MR) is 52.8 cm³/mol. The van der Waals surface area contributed by atoms with Crippen molar-refractivity contribution in [2.24, 2.45) is 0 Å². The Bertz CT molecular complexity index is 469. The van der Waals surface area contributed by atoms with Crippen LogP contribution >= 0.6 is 0 Å². The number of hydrogen-bond acceptors (Lipinski definition) is 6. The zero-order valence-corrected chi connectivity index (χ0v) is 8.19. The number of aromatic hydroxyl groups is 1. The lowest BCUT2D eigenvalue weighted by Crippen LogP contribution is -2.22. The molecule has 0 radical (unpaired) electrons. The number of rotatable bonds is 4. The lowest BCUT2D eigenvalue weighted by Gasteiger charge is -2.11. The summed E-state index contributed by atoms with van der Waals surface area (Å²) in [5, 5.41) is 43.9. The summed E-state index contributed by atoms with van der Waals surface area (Å²) in [5.41, 5.74) is -1.22. The molecule has 8 nitrogen and oxygen atoms in total. The van der Waals surface area contributed by atoms with Gasteiger partial charge in [0.15, 0.2) is 11.5 Å². The molecule has 1 aromatic carbocycles. The molecule has 0 fully saturated rings. The molecule has 0 aliphatic heterocycles. The Morgan fingerprint density at radius 2 is 1.53 bits per heavy atom. The maximum absolute atomic E-state index is 10.7. The van der Waals surface area contributed by atoms with Crippen LogP contribution in [0.1, 0.15) is 20.7 Å². The van der Waals surface area contributed by atoms with Crippen LogP contribution in [0.5, 0.6) is 11.5 Å². The van der Waals surface area contributed by atoms with Gasteiger partial charge < -0.3 is 30.0 Å². The van der Waals surface area contributed by atoms with Crippen LogP contribution in [0.3, 0.4) is 0 Å². The summed E-state index contributed by atoms with van der Waals surface area (Å²) in [6, 6.07) is 1.72. The Morgan fingerprint density at radius 1 is 1.06 bits per heavy atom. The first kappa shape index (κ1) is 12.8. The van der Waals surface area contributed by atoms with Gasteiger partial charge in [-0.05, 0) is 12.1 Å². The van der Waals surface area contributed by atoms with Crippen LogP contribution < -0.4 is 4.65 Å². The van der Waals surface area contributed by atoms with Gasteiger partial charge in [-0.15, -0.1) is 0 Å². The highest BCUT2D eigenvalue weighted by atomic mass is 16.6. The zero-order chi connectivity index (χ0) is 13.2. The first-order valence-corrected chi connectivity index (χ1v) is 4.20. The monoisotopic (exact) mass is 242 g/mol. The molecule has 0 heterocycles. The molecule has 0 atom stereocenters. The number of carboxylic acid groups (broad SMARTS) is 2. The summed E-state index contributed by atoms with van der Waals surface area (Å²) < 4.78 is 4.25. The predicted octanol–water partition coefficient (Wildman–Crippen LogP) is -0.863. The first-order chi connectivity index (χ1) is 7.84. The van der Waals surface area contributed by atoms with Crippen LogP contribution in [0.2, 0.25) is 0 Å². The van der Waals surface area contributed by atoms with E-state index in [0.29, 0.717) is 0 Å². The van der Waals surface area contributed by atoms with Gasteiger partial charge in [-0.2, -0.15) is 0 Å². The average Bonchev–Trinajstić information content (AvgIpc) is 2.19. The number of carbonyl (C=O) groups is 2. The van der Waals surface area contributed by atoms with Gasteiger partial charge in [0.25, 0.3) is 0 Å². The van der Waals surface area contributed by atoms with Gasteiger partial charge in [0.2, 0.25) is 0 Å². The summed E-state index contributed by atoms with van der Waals surface area (Å²) in [6.45, 7) is 0. The lowest BCUT2D eigenvalue weighted by molar-refractivity contribution is 0.0674. The lowest BCUT2D eigenvalue weighted by atomic mass is 10.1. The second-order valence-electron chi connectivity index (χ2n) is 2.89. The summed E-state index contributed by atoms with van der Waals surface area (Å²) in [4.78, 5) is 21.4. The van der Waals surface area contributed by atoms with Crippen LogP contribution in [-0.2, 0) is 0 Å². The molecular formula is C8H7BO8. The molecule has 1 rings (SSSR count). The molecule has 0 saturated heterocycles. The molecule has 17 heavy (non-hydrogen) atoms. The Balaban J connectivity index is 3.41. The van der Waals surface area contributed by atoms with Gasteiger partial charge in [-0.1, -0.05) is 0 Å². The minimum atomic E-state index is -2.39. The van der Waals surface area contributed by atoms with Gasteiger partial charge in [-0.25, -0.2) is 9.59 Å². The van der Waals surface area contributed by atoms with E-state index >= 15 is 0 Å². The molecule has 0 aliphatic carbocycles. The Hall–Kier alpha value is -2.26. The normalized spacial score (nSPS) is 9.76. The second kappa shape index (κ2) is 4.72. The highest BCUT2D eigenvalue weighted by Gasteiger charge is 2.25. The third-order valence-electron chi connectivity index (χ3n) is 1.82. The minimum Gasteiger partial charge on any atom is -0.508 e. The van der Waals surface area contributed by atoms with E-state index in [2.05, 4.69) is 4.65 Å². The Labute approximate surface area is 94.5 Å². The van der Waals surface area contributed by atoms with Crippen molar-refractivity contribution in [3.8, 4) is 11.5 Å². The molecular weight excluding hydrogens is 235 g/mol. The van der Waals surface area contributed by atoms with Crippen LogP contribution in [0, 0.1) is 0 Å². The first-order valence-electron chi connectivity index (χ1n) is 4.20. The molecule has 0 aliphatic rings. The van der Waals surface area contributed by atoms with Crippen LogP contribution in [0.25, 0.3) is 0 Å². The molecule has 0 amide bonds. The smallest absolute Gasteiger partial charge is 0.508 e. The van der Waals surface area contributed by atoms with Gasteiger partial charge in [-0.3, -0.25) is 0 Å². The van der Waals surface area contributed by atoms with Crippen molar-refractivity contribution < 1.29 is 39.6 Å². The fourth-order valence-electron chi connectivity index (χ4n) is 1.14. The molecule has 1 aromatic rings. The number of phenols is 1. The summed E-state index contributed by atoms with van der Waals surface area (Å²) >= 11 is 0. The fourth-order valence-corrected chi connectivity index (χ4v) is 1.14. The molecule has 0 saturated carbocycles. The average molecular weight is 242 g/mol. The summed E-state index contributed by atoms with van der Waals surface area (Å²) in [6.07, 6.45) is 0. The molecule has 0 aromatic heterocycles. The van der Waals surface area contributed by atoms with E-state index in [1.807, 2.05) is 0 Å². The van der Waals surface area contributed by atoms with E-state index in [1.165, 1.54) is 0 Å². The van der Waals surface area contributed by atoms with Gasteiger partial charge >= 0.3 is 19.3 Å². The molecule has 0 spiro atoms. The standard InChI is InChI=1S/C8H7BO8/c10-5-3(7(11)12)1-2-4(8(13)14)6(5)17-9(15)16/h1-2,10,15-16H,(H,11,12)(H,13,14). The van der Waals surface area contributed by atoms with E-state index in [9.17, 15) is 14.7 Å². The van der Waals surface area contributed by atoms with E-state index in [-0.39, 0.29) is 0 Å². The summed E-state index contributed by atoms with van der Waals surface area (Å²) in [5.74, 6) is -4.86. The van der Waals surface area contributed by atoms with Crippen LogP contribution in [0.4, 0.5) is 0 Å².